The third-order valence-corrected chi connectivity index (χ3v) is 5.52. The second-order valence-electron chi connectivity index (χ2n) is 7.17. The second kappa shape index (κ2) is 8.63. The summed E-state index contributed by atoms with van der Waals surface area (Å²) in [6.07, 6.45) is 4.82. The number of likely N-dealkylation sites (tertiary alicyclic amines) is 1. The fourth-order valence-corrected chi connectivity index (χ4v) is 3.80. The summed E-state index contributed by atoms with van der Waals surface area (Å²) in [5.41, 5.74) is 6.19. The van der Waals surface area contributed by atoms with E-state index in [1.165, 1.54) is 12.8 Å². The molecule has 4 nitrogen and oxygen atoms in total. The summed E-state index contributed by atoms with van der Waals surface area (Å²) < 4.78 is 0. The molecule has 0 saturated carbocycles. The second-order valence-corrected chi connectivity index (χ2v) is 7.17. The van der Waals surface area contributed by atoms with Crippen LogP contribution in [0.25, 0.3) is 0 Å². The lowest BCUT2D eigenvalue weighted by Gasteiger charge is -2.35. The highest BCUT2D eigenvalue weighted by molar-refractivity contribution is 5.87. The van der Waals surface area contributed by atoms with Crippen LogP contribution in [0, 0.1) is 5.92 Å². The van der Waals surface area contributed by atoms with Crippen molar-refractivity contribution in [3.05, 3.63) is 35.9 Å². The van der Waals surface area contributed by atoms with Crippen LogP contribution in [0.1, 0.15) is 52.0 Å². The van der Waals surface area contributed by atoms with E-state index in [-0.39, 0.29) is 5.91 Å². The van der Waals surface area contributed by atoms with Crippen molar-refractivity contribution in [2.75, 3.05) is 19.6 Å². The fraction of sp³-hybridized carbons (Fsp3) is 0.650. The molecular weight excluding hydrogens is 298 g/mol. The maximum atomic E-state index is 12.7. The topological polar surface area (TPSA) is 58.4 Å². The number of hydrogen-bond acceptors (Lipinski definition) is 3. The average Bonchev–Trinajstić information content (AvgIpc) is 3.13. The van der Waals surface area contributed by atoms with E-state index < -0.39 is 5.54 Å². The van der Waals surface area contributed by atoms with Gasteiger partial charge in [-0.3, -0.25) is 9.69 Å². The Balaban J connectivity index is 2.03. The molecule has 4 heteroatoms. The fourth-order valence-electron chi connectivity index (χ4n) is 3.80. The smallest absolute Gasteiger partial charge is 0.244 e. The predicted molar refractivity (Wildman–Crippen MR) is 99.7 cm³/mol. The first-order chi connectivity index (χ1) is 11.5. The van der Waals surface area contributed by atoms with E-state index in [0.29, 0.717) is 18.5 Å². The molecule has 1 heterocycles. The van der Waals surface area contributed by atoms with E-state index >= 15 is 0 Å². The van der Waals surface area contributed by atoms with Gasteiger partial charge in [0.25, 0.3) is 0 Å². The molecule has 0 bridgehead atoms. The summed E-state index contributed by atoms with van der Waals surface area (Å²) >= 11 is 0. The minimum Gasteiger partial charge on any atom is -0.353 e. The van der Waals surface area contributed by atoms with E-state index in [2.05, 4.69) is 24.1 Å². The van der Waals surface area contributed by atoms with Gasteiger partial charge in [0.1, 0.15) is 5.54 Å². The Morgan fingerprint density at radius 2 is 1.79 bits per heavy atom. The van der Waals surface area contributed by atoms with Crippen LogP contribution in [0.15, 0.2) is 30.3 Å². The third-order valence-electron chi connectivity index (χ3n) is 5.52. The van der Waals surface area contributed by atoms with Gasteiger partial charge in [-0.1, -0.05) is 57.0 Å². The molecule has 0 radical (unpaired) electrons. The lowest BCUT2D eigenvalue weighted by Crippen LogP contribution is -2.53. The Labute approximate surface area is 146 Å². The van der Waals surface area contributed by atoms with Crippen LogP contribution in [0.3, 0.4) is 0 Å². The summed E-state index contributed by atoms with van der Waals surface area (Å²) in [4.78, 5) is 15.3. The average molecular weight is 332 g/mol. The van der Waals surface area contributed by atoms with Crippen molar-refractivity contribution in [2.24, 2.45) is 11.7 Å². The summed E-state index contributed by atoms with van der Waals surface area (Å²) in [6.45, 7) is 9.27. The molecule has 1 saturated heterocycles. The highest BCUT2D eigenvalue weighted by Crippen LogP contribution is 2.23. The summed E-state index contributed by atoms with van der Waals surface area (Å²) in [5.74, 6) is 0.521. The quantitative estimate of drug-likeness (QED) is 0.770. The molecule has 24 heavy (non-hydrogen) atoms. The molecule has 2 atom stereocenters. The maximum Gasteiger partial charge on any atom is 0.244 e. The first-order valence-corrected chi connectivity index (χ1v) is 9.37. The van der Waals surface area contributed by atoms with Gasteiger partial charge in [0.05, 0.1) is 0 Å². The first-order valence-electron chi connectivity index (χ1n) is 9.37. The van der Waals surface area contributed by atoms with Gasteiger partial charge in [0.2, 0.25) is 5.91 Å². The van der Waals surface area contributed by atoms with Crippen molar-refractivity contribution in [3.8, 4) is 0 Å². The zero-order chi connectivity index (χ0) is 17.6. The van der Waals surface area contributed by atoms with E-state index in [9.17, 15) is 4.79 Å². The van der Waals surface area contributed by atoms with Gasteiger partial charge >= 0.3 is 0 Å². The molecule has 1 aliphatic rings. The van der Waals surface area contributed by atoms with Crippen molar-refractivity contribution in [3.63, 3.8) is 0 Å². The van der Waals surface area contributed by atoms with E-state index in [4.69, 9.17) is 5.73 Å². The number of amides is 1. The molecule has 134 valence electrons. The predicted octanol–water partition coefficient (Wildman–Crippen LogP) is 2.88. The maximum absolute atomic E-state index is 12.7. The largest absolute Gasteiger partial charge is 0.353 e. The highest BCUT2D eigenvalue weighted by atomic mass is 16.2. The first kappa shape index (κ1) is 18.9. The molecule has 1 amide bonds. The summed E-state index contributed by atoms with van der Waals surface area (Å²) in [5, 5.41) is 3.14. The van der Waals surface area contributed by atoms with Gasteiger partial charge in [-0.05, 0) is 44.3 Å². The molecule has 2 unspecified atom stereocenters. The van der Waals surface area contributed by atoms with Crippen molar-refractivity contribution in [1.29, 1.82) is 0 Å². The van der Waals surface area contributed by atoms with Gasteiger partial charge in [-0.25, -0.2) is 0 Å². The number of carbonyl (C=O) groups is 1. The van der Waals surface area contributed by atoms with Crippen LogP contribution < -0.4 is 11.1 Å². The number of carbonyl (C=O) groups excluding carboxylic acids is 1. The minimum atomic E-state index is -0.995. The molecule has 1 aromatic rings. The Morgan fingerprint density at radius 3 is 2.33 bits per heavy atom. The highest BCUT2D eigenvalue weighted by Gasteiger charge is 2.33. The van der Waals surface area contributed by atoms with Crippen LogP contribution in [-0.2, 0) is 10.3 Å². The Hall–Kier alpha value is -1.39. The van der Waals surface area contributed by atoms with Crippen LogP contribution >= 0.6 is 0 Å². The normalized spacial score (nSPS) is 19.2. The molecular formula is C20H33N3O. The lowest BCUT2D eigenvalue weighted by molar-refractivity contribution is -0.126. The Bertz CT molecular complexity index is 503. The summed E-state index contributed by atoms with van der Waals surface area (Å²) in [7, 11) is 0. The van der Waals surface area contributed by atoms with Crippen molar-refractivity contribution >= 4 is 5.91 Å². The number of nitrogens with zero attached hydrogens (tertiary/aromatic N) is 1. The third kappa shape index (κ3) is 4.37. The monoisotopic (exact) mass is 331 g/mol. The zero-order valence-electron chi connectivity index (χ0n) is 15.4. The number of hydrogen-bond donors (Lipinski definition) is 2. The molecule has 2 rings (SSSR count). The summed E-state index contributed by atoms with van der Waals surface area (Å²) in [6, 6.07) is 10.0. The van der Waals surface area contributed by atoms with Gasteiger partial charge in [0, 0.05) is 12.6 Å². The van der Waals surface area contributed by atoms with Crippen LogP contribution in [-0.4, -0.2) is 36.5 Å². The number of benzene rings is 1. The van der Waals surface area contributed by atoms with Crippen LogP contribution in [0.5, 0.6) is 0 Å². The zero-order valence-corrected chi connectivity index (χ0v) is 15.4. The van der Waals surface area contributed by atoms with E-state index in [1.807, 2.05) is 30.3 Å². The minimum absolute atomic E-state index is 0.0937. The number of nitrogens with two attached hydrogens (primary N) is 1. The van der Waals surface area contributed by atoms with Gasteiger partial charge in [0.15, 0.2) is 0 Å². The van der Waals surface area contributed by atoms with Crippen molar-refractivity contribution in [2.45, 2.75) is 58.0 Å². The Kier molecular flexibility index (Phi) is 6.81. The Morgan fingerprint density at radius 1 is 1.21 bits per heavy atom. The van der Waals surface area contributed by atoms with Crippen molar-refractivity contribution < 1.29 is 4.79 Å². The number of rotatable bonds is 8. The molecule has 0 spiro atoms. The molecule has 1 fully saturated rings. The van der Waals surface area contributed by atoms with Gasteiger partial charge in [-0.15, -0.1) is 0 Å². The SMILES string of the molecule is CCC(CC)C(CNC(=O)C(C)(N)c1ccccc1)N1CCCC1. The molecule has 0 aromatic heterocycles. The van der Waals surface area contributed by atoms with E-state index in [1.54, 1.807) is 6.92 Å². The van der Waals surface area contributed by atoms with Crippen LogP contribution in [0.4, 0.5) is 0 Å². The lowest BCUT2D eigenvalue weighted by atomic mass is 9.90. The standard InChI is InChI=1S/C20H33N3O/c1-4-16(5-2)18(23-13-9-10-14-23)15-22-19(24)20(3,21)17-11-7-6-8-12-17/h6-8,11-12,16,18H,4-5,9-10,13-15,21H2,1-3H3,(H,22,24). The molecule has 0 aliphatic carbocycles. The molecule has 1 aromatic carbocycles. The van der Waals surface area contributed by atoms with Crippen molar-refractivity contribution in [1.82, 2.24) is 10.2 Å². The van der Waals surface area contributed by atoms with Gasteiger partial charge in [-0.2, -0.15) is 0 Å². The number of nitrogens with one attached hydrogen (secondary N) is 1. The van der Waals surface area contributed by atoms with Gasteiger partial charge < -0.3 is 11.1 Å². The van der Waals surface area contributed by atoms with E-state index in [0.717, 1.165) is 31.5 Å². The van der Waals surface area contributed by atoms with Crippen LogP contribution in [0.2, 0.25) is 0 Å². The molecule has 1 aliphatic heterocycles. The molecule has 3 N–H and O–H groups in total.